The second kappa shape index (κ2) is 5.18. The minimum Gasteiger partial charge on any atom is -0.327 e. The van der Waals surface area contributed by atoms with Crippen LogP contribution < -0.4 is 5.73 Å². The van der Waals surface area contributed by atoms with E-state index in [1.807, 2.05) is 6.07 Å². The third-order valence-electron chi connectivity index (χ3n) is 4.09. The molecule has 1 fully saturated rings. The van der Waals surface area contributed by atoms with E-state index in [2.05, 4.69) is 13.8 Å². The van der Waals surface area contributed by atoms with Crippen LogP contribution in [-0.4, -0.2) is 6.04 Å². The highest BCUT2D eigenvalue weighted by molar-refractivity contribution is 6.30. The molecule has 2 unspecified atom stereocenters. The molecule has 0 spiro atoms. The molecule has 1 aliphatic rings. The molecule has 2 rings (SSSR count). The van der Waals surface area contributed by atoms with Crippen molar-refractivity contribution in [3.8, 4) is 0 Å². The van der Waals surface area contributed by atoms with E-state index in [0.717, 1.165) is 19.3 Å². The zero-order valence-electron chi connectivity index (χ0n) is 11.0. The smallest absolute Gasteiger partial charge is 0.144 e. The van der Waals surface area contributed by atoms with E-state index in [0.29, 0.717) is 23.3 Å². The zero-order chi connectivity index (χ0) is 13.3. The summed E-state index contributed by atoms with van der Waals surface area (Å²) in [4.78, 5) is 0. The Morgan fingerprint density at radius 3 is 2.89 bits per heavy atom. The van der Waals surface area contributed by atoms with Crippen molar-refractivity contribution < 1.29 is 4.39 Å². The third-order valence-corrected chi connectivity index (χ3v) is 4.38. The Labute approximate surface area is 114 Å². The number of benzene rings is 1. The second-order valence-corrected chi connectivity index (χ2v) is 6.66. The molecule has 2 atom stereocenters. The van der Waals surface area contributed by atoms with E-state index < -0.39 is 0 Å². The molecule has 0 aromatic heterocycles. The minimum atomic E-state index is -0.283. The predicted molar refractivity (Wildman–Crippen MR) is 74.2 cm³/mol. The Morgan fingerprint density at radius 2 is 2.17 bits per heavy atom. The van der Waals surface area contributed by atoms with Gasteiger partial charge in [-0.15, -0.1) is 0 Å². The molecule has 0 saturated heterocycles. The van der Waals surface area contributed by atoms with Crippen LogP contribution in [0.2, 0.25) is 5.02 Å². The highest BCUT2D eigenvalue weighted by Gasteiger charge is 2.33. The number of nitrogens with two attached hydrogens (primary N) is 1. The lowest BCUT2D eigenvalue weighted by Gasteiger charge is -2.39. The monoisotopic (exact) mass is 269 g/mol. The lowest BCUT2D eigenvalue weighted by molar-refractivity contribution is 0.156. The van der Waals surface area contributed by atoms with E-state index in [1.54, 1.807) is 12.1 Å². The van der Waals surface area contributed by atoms with Gasteiger partial charge in [0, 0.05) is 6.04 Å². The maximum Gasteiger partial charge on any atom is 0.144 e. The summed E-state index contributed by atoms with van der Waals surface area (Å²) >= 11 is 5.82. The van der Waals surface area contributed by atoms with Gasteiger partial charge in [0.25, 0.3) is 0 Å². The Kier molecular flexibility index (Phi) is 3.98. The summed E-state index contributed by atoms with van der Waals surface area (Å²) in [6.45, 7) is 4.53. The largest absolute Gasteiger partial charge is 0.327 e. The molecule has 1 aromatic rings. The van der Waals surface area contributed by atoms with Gasteiger partial charge in [-0.05, 0) is 48.6 Å². The Hall–Kier alpha value is -0.600. The number of halogens is 2. The Morgan fingerprint density at radius 1 is 1.44 bits per heavy atom. The van der Waals surface area contributed by atoms with Crippen molar-refractivity contribution in [1.82, 2.24) is 0 Å². The molecule has 0 aliphatic heterocycles. The molecule has 3 heteroatoms. The quantitative estimate of drug-likeness (QED) is 0.857. The van der Waals surface area contributed by atoms with Crippen LogP contribution in [0, 0.1) is 17.2 Å². The van der Waals surface area contributed by atoms with E-state index in [-0.39, 0.29) is 16.9 Å². The normalized spacial score (nSPS) is 27.2. The van der Waals surface area contributed by atoms with E-state index in [1.165, 1.54) is 0 Å². The maximum absolute atomic E-state index is 13.9. The van der Waals surface area contributed by atoms with Crippen molar-refractivity contribution in [2.75, 3.05) is 0 Å². The lowest BCUT2D eigenvalue weighted by atomic mass is 9.68. The molecule has 18 heavy (non-hydrogen) atoms. The summed E-state index contributed by atoms with van der Waals surface area (Å²) < 4.78 is 13.9. The number of hydrogen-bond donors (Lipinski definition) is 1. The molecule has 2 N–H and O–H groups in total. The van der Waals surface area contributed by atoms with Gasteiger partial charge in [-0.2, -0.15) is 0 Å². The van der Waals surface area contributed by atoms with E-state index in [4.69, 9.17) is 17.3 Å². The lowest BCUT2D eigenvalue weighted by Crippen LogP contribution is -2.40. The summed E-state index contributed by atoms with van der Waals surface area (Å²) in [7, 11) is 0. The molecule has 0 amide bonds. The summed E-state index contributed by atoms with van der Waals surface area (Å²) in [6.07, 6.45) is 3.93. The van der Waals surface area contributed by atoms with Crippen molar-refractivity contribution in [2.45, 2.75) is 45.6 Å². The summed E-state index contributed by atoms with van der Waals surface area (Å²) in [5, 5.41) is 0.205. The van der Waals surface area contributed by atoms with Gasteiger partial charge in [0.05, 0.1) is 5.02 Å². The fraction of sp³-hybridized carbons (Fsp3) is 0.600. The first kappa shape index (κ1) is 13.8. The van der Waals surface area contributed by atoms with Crippen LogP contribution in [0.3, 0.4) is 0 Å². The molecule has 0 heterocycles. The Bertz CT molecular complexity index is 431. The minimum absolute atomic E-state index is 0.177. The van der Waals surface area contributed by atoms with Gasteiger partial charge >= 0.3 is 0 Å². The van der Waals surface area contributed by atoms with Crippen LogP contribution in [0.15, 0.2) is 18.2 Å². The zero-order valence-corrected chi connectivity index (χ0v) is 11.8. The van der Waals surface area contributed by atoms with Gasteiger partial charge in [0.1, 0.15) is 5.82 Å². The predicted octanol–water partition coefficient (Wildman–Crippen LogP) is 4.18. The van der Waals surface area contributed by atoms with Crippen molar-refractivity contribution in [1.29, 1.82) is 0 Å². The van der Waals surface area contributed by atoms with Crippen molar-refractivity contribution in [3.63, 3.8) is 0 Å². The summed E-state index contributed by atoms with van der Waals surface area (Å²) in [5.41, 5.74) is 7.19. The van der Waals surface area contributed by atoms with Crippen LogP contribution in [0.1, 0.15) is 38.7 Å². The Balaban J connectivity index is 2.15. The molecular formula is C15H21ClFN. The number of rotatable bonds is 2. The van der Waals surface area contributed by atoms with Crippen LogP contribution in [-0.2, 0) is 6.42 Å². The third kappa shape index (κ3) is 3.04. The van der Waals surface area contributed by atoms with E-state index in [9.17, 15) is 4.39 Å². The summed E-state index contributed by atoms with van der Waals surface area (Å²) in [5.74, 6) is 0.0662. The van der Waals surface area contributed by atoms with Gasteiger partial charge in [0.15, 0.2) is 0 Å². The highest BCUT2D eigenvalue weighted by atomic mass is 35.5. The molecular weight excluding hydrogens is 249 g/mol. The first-order valence-corrected chi connectivity index (χ1v) is 6.95. The standard InChI is InChI=1S/C15H21ClFN/c1-15(2)7-6-13(18)11(9-15)8-10-4-3-5-12(16)14(10)17/h3-5,11,13H,6-9,18H2,1-2H3. The summed E-state index contributed by atoms with van der Waals surface area (Å²) in [6, 6.07) is 5.39. The fourth-order valence-electron chi connectivity index (χ4n) is 2.97. The van der Waals surface area contributed by atoms with Crippen LogP contribution >= 0.6 is 11.6 Å². The molecule has 100 valence electrons. The van der Waals surface area contributed by atoms with E-state index >= 15 is 0 Å². The second-order valence-electron chi connectivity index (χ2n) is 6.25. The maximum atomic E-state index is 13.9. The van der Waals surface area contributed by atoms with Gasteiger partial charge < -0.3 is 5.73 Å². The first-order valence-electron chi connectivity index (χ1n) is 6.57. The van der Waals surface area contributed by atoms with Crippen molar-refractivity contribution in [2.24, 2.45) is 17.1 Å². The highest BCUT2D eigenvalue weighted by Crippen LogP contribution is 2.39. The molecule has 0 bridgehead atoms. The average Bonchev–Trinajstić information content (AvgIpc) is 2.29. The van der Waals surface area contributed by atoms with Gasteiger partial charge in [-0.1, -0.05) is 37.6 Å². The average molecular weight is 270 g/mol. The van der Waals surface area contributed by atoms with Gasteiger partial charge in [-0.3, -0.25) is 0 Å². The SMILES string of the molecule is CC1(C)CCC(N)C(Cc2cccc(Cl)c2F)C1. The molecule has 1 aromatic carbocycles. The van der Waals surface area contributed by atoms with Crippen LogP contribution in [0.25, 0.3) is 0 Å². The van der Waals surface area contributed by atoms with Gasteiger partial charge in [0.2, 0.25) is 0 Å². The molecule has 1 aliphatic carbocycles. The topological polar surface area (TPSA) is 26.0 Å². The fourth-order valence-corrected chi connectivity index (χ4v) is 3.16. The van der Waals surface area contributed by atoms with Crippen LogP contribution in [0.4, 0.5) is 4.39 Å². The number of hydrogen-bond acceptors (Lipinski definition) is 1. The molecule has 1 saturated carbocycles. The van der Waals surface area contributed by atoms with Gasteiger partial charge in [-0.25, -0.2) is 4.39 Å². The first-order chi connectivity index (χ1) is 8.39. The molecule has 1 nitrogen and oxygen atoms in total. The molecule has 0 radical (unpaired) electrons. The van der Waals surface area contributed by atoms with Crippen molar-refractivity contribution >= 4 is 11.6 Å². The van der Waals surface area contributed by atoms with Crippen LogP contribution in [0.5, 0.6) is 0 Å². The van der Waals surface area contributed by atoms with Crippen molar-refractivity contribution in [3.05, 3.63) is 34.6 Å².